The smallest absolute Gasteiger partial charge is 0.147 e. The molecule has 4 heteroatoms. The van der Waals surface area contributed by atoms with E-state index in [0.29, 0.717) is 12.4 Å². The number of ketones is 1. The first-order chi connectivity index (χ1) is 8.11. The minimum Gasteiger partial charge on any atom is -0.494 e. The summed E-state index contributed by atoms with van der Waals surface area (Å²) in [7, 11) is 0. The molecule has 3 nitrogen and oxygen atoms in total. The number of Topliss-reactive ketones (excluding diaryl/α,β-unsaturated/α-hetero) is 1. The third-order valence-electron chi connectivity index (χ3n) is 2.34. The van der Waals surface area contributed by atoms with Gasteiger partial charge in [0.15, 0.2) is 0 Å². The van der Waals surface area contributed by atoms with E-state index in [1.54, 1.807) is 0 Å². The van der Waals surface area contributed by atoms with Crippen molar-refractivity contribution in [3.63, 3.8) is 0 Å². The van der Waals surface area contributed by atoms with Crippen LogP contribution in [0.2, 0.25) is 0 Å². The highest BCUT2D eigenvalue weighted by molar-refractivity contribution is 9.09. The predicted octanol–water partition coefficient (Wildman–Crippen LogP) is 3.18. The molecule has 1 unspecified atom stereocenters. The Balaban J connectivity index is 3.28. The molecule has 0 amide bonds. The summed E-state index contributed by atoms with van der Waals surface area (Å²) in [6.45, 7) is 3.93. The average Bonchev–Trinajstić information content (AvgIpc) is 2.29. The van der Waals surface area contributed by atoms with E-state index in [2.05, 4.69) is 22.0 Å². The molecule has 0 aliphatic carbocycles. The van der Waals surface area contributed by atoms with E-state index < -0.39 is 4.83 Å². The van der Waals surface area contributed by atoms with Crippen LogP contribution in [0.3, 0.4) is 0 Å². The second kappa shape index (κ2) is 6.41. The third kappa shape index (κ3) is 3.31. The summed E-state index contributed by atoms with van der Waals surface area (Å²) in [6, 6.07) is 7.60. The van der Waals surface area contributed by atoms with Gasteiger partial charge in [-0.2, -0.15) is 5.26 Å². The van der Waals surface area contributed by atoms with E-state index in [1.807, 2.05) is 25.1 Å². The number of nitriles is 1. The number of hydrogen-bond donors (Lipinski definition) is 0. The van der Waals surface area contributed by atoms with Gasteiger partial charge in [-0.1, -0.05) is 28.1 Å². The number of benzene rings is 1. The molecule has 1 atom stereocenters. The molecule has 0 saturated carbocycles. The van der Waals surface area contributed by atoms with Crippen molar-refractivity contribution >= 4 is 21.7 Å². The maximum Gasteiger partial charge on any atom is 0.147 e. The minimum atomic E-state index is -0.423. The van der Waals surface area contributed by atoms with Crippen LogP contribution in [0.1, 0.15) is 29.8 Å². The SMILES string of the molecule is CCOc1cccc(CC#N)c1C(Br)C(C)=O. The number of nitrogens with zero attached hydrogens (tertiary/aromatic N) is 1. The predicted molar refractivity (Wildman–Crippen MR) is 69.3 cm³/mol. The van der Waals surface area contributed by atoms with Crippen molar-refractivity contribution in [1.29, 1.82) is 5.26 Å². The summed E-state index contributed by atoms with van der Waals surface area (Å²) >= 11 is 3.35. The fourth-order valence-electron chi connectivity index (χ4n) is 1.60. The number of carbonyl (C=O) groups is 1. The Labute approximate surface area is 110 Å². The molecule has 1 aromatic carbocycles. The lowest BCUT2D eigenvalue weighted by Crippen LogP contribution is -2.08. The standard InChI is InChI=1S/C13H14BrNO2/c1-3-17-11-6-4-5-10(7-8-15)12(11)13(14)9(2)16/h4-6,13H,3,7H2,1-2H3. The second-order valence-electron chi connectivity index (χ2n) is 3.57. The van der Waals surface area contributed by atoms with Gasteiger partial charge in [-0.3, -0.25) is 4.79 Å². The molecule has 90 valence electrons. The van der Waals surface area contributed by atoms with Gasteiger partial charge in [-0.05, 0) is 25.5 Å². The Morgan fingerprint density at radius 3 is 2.82 bits per heavy atom. The van der Waals surface area contributed by atoms with Crippen molar-refractivity contribution in [2.75, 3.05) is 6.61 Å². The fraction of sp³-hybridized carbons (Fsp3) is 0.385. The van der Waals surface area contributed by atoms with Gasteiger partial charge >= 0.3 is 0 Å². The van der Waals surface area contributed by atoms with E-state index in [1.165, 1.54) is 6.92 Å². The molecule has 0 fully saturated rings. The monoisotopic (exact) mass is 295 g/mol. The average molecular weight is 296 g/mol. The van der Waals surface area contributed by atoms with E-state index in [-0.39, 0.29) is 12.2 Å². The molecule has 1 aromatic rings. The van der Waals surface area contributed by atoms with Gasteiger partial charge in [0.25, 0.3) is 0 Å². The quantitative estimate of drug-likeness (QED) is 0.784. The zero-order valence-electron chi connectivity index (χ0n) is 9.87. The first-order valence-corrected chi connectivity index (χ1v) is 6.29. The zero-order chi connectivity index (χ0) is 12.8. The summed E-state index contributed by atoms with van der Waals surface area (Å²) in [5.41, 5.74) is 1.60. The van der Waals surface area contributed by atoms with Crippen LogP contribution >= 0.6 is 15.9 Å². The van der Waals surface area contributed by atoms with E-state index in [9.17, 15) is 4.79 Å². The summed E-state index contributed by atoms with van der Waals surface area (Å²) in [6.07, 6.45) is 0.269. The highest BCUT2D eigenvalue weighted by atomic mass is 79.9. The lowest BCUT2D eigenvalue weighted by molar-refractivity contribution is -0.116. The van der Waals surface area contributed by atoms with Gasteiger partial charge in [0.2, 0.25) is 0 Å². The Morgan fingerprint density at radius 2 is 2.29 bits per heavy atom. The normalized spacial score (nSPS) is 11.6. The Bertz CT molecular complexity index is 451. The maximum absolute atomic E-state index is 11.5. The number of ether oxygens (including phenoxy) is 1. The van der Waals surface area contributed by atoms with Gasteiger partial charge in [-0.25, -0.2) is 0 Å². The first kappa shape index (κ1) is 13.7. The van der Waals surface area contributed by atoms with Gasteiger partial charge < -0.3 is 4.74 Å². The van der Waals surface area contributed by atoms with E-state index in [4.69, 9.17) is 10.00 Å². The molecule has 17 heavy (non-hydrogen) atoms. The lowest BCUT2D eigenvalue weighted by atomic mass is 9.99. The van der Waals surface area contributed by atoms with Gasteiger partial charge in [0, 0.05) is 5.56 Å². The molecule has 0 aliphatic rings. The van der Waals surface area contributed by atoms with Crippen molar-refractivity contribution in [3.05, 3.63) is 29.3 Å². The minimum absolute atomic E-state index is 0.00339. The number of hydrogen-bond acceptors (Lipinski definition) is 3. The molecule has 0 aliphatic heterocycles. The Kier molecular flexibility index (Phi) is 5.17. The Morgan fingerprint density at radius 1 is 1.59 bits per heavy atom. The topological polar surface area (TPSA) is 50.1 Å². The highest BCUT2D eigenvalue weighted by Gasteiger charge is 2.21. The Hall–Kier alpha value is -1.34. The van der Waals surface area contributed by atoms with Crippen LogP contribution in [-0.4, -0.2) is 12.4 Å². The lowest BCUT2D eigenvalue weighted by Gasteiger charge is -2.16. The number of alkyl halides is 1. The maximum atomic E-state index is 11.5. The molecule has 1 rings (SSSR count). The number of rotatable bonds is 5. The van der Waals surface area contributed by atoms with Gasteiger partial charge in [-0.15, -0.1) is 0 Å². The summed E-state index contributed by atoms with van der Waals surface area (Å²) in [5, 5.41) is 8.79. The first-order valence-electron chi connectivity index (χ1n) is 5.37. The van der Waals surface area contributed by atoms with Crippen molar-refractivity contribution in [2.45, 2.75) is 25.1 Å². The summed E-state index contributed by atoms with van der Waals surface area (Å²) in [4.78, 5) is 11.0. The van der Waals surface area contributed by atoms with Crippen LogP contribution in [0.25, 0.3) is 0 Å². The molecule has 0 aromatic heterocycles. The summed E-state index contributed by atoms with van der Waals surface area (Å²) in [5.74, 6) is 0.661. The molecular weight excluding hydrogens is 282 g/mol. The molecule has 0 spiro atoms. The van der Waals surface area contributed by atoms with Crippen molar-refractivity contribution in [2.24, 2.45) is 0 Å². The van der Waals surface area contributed by atoms with Gasteiger partial charge in [0.05, 0.1) is 19.1 Å². The second-order valence-corrected chi connectivity index (χ2v) is 4.49. The number of carbonyl (C=O) groups excluding carboxylic acids is 1. The largest absolute Gasteiger partial charge is 0.494 e. The molecule has 0 radical (unpaired) electrons. The van der Waals surface area contributed by atoms with Crippen LogP contribution in [0.15, 0.2) is 18.2 Å². The molecule has 0 saturated heterocycles. The van der Waals surface area contributed by atoms with E-state index in [0.717, 1.165) is 11.1 Å². The highest BCUT2D eigenvalue weighted by Crippen LogP contribution is 2.35. The fourth-order valence-corrected chi connectivity index (χ4v) is 2.12. The van der Waals surface area contributed by atoms with Crippen LogP contribution in [0.4, 0.5) is 0 Å². The van der Waals surface area contributed by atoms with Crippen LogP contribution in [0.5, 0.6) is 5.75 Å². The van der Waals surface area contributed by atoms with Gasteiger partial charge in [0.1, 0.15) is 16.4 Å². The molecule has 0 bridgehead atoms. The van der Waals surface area contributed by atoms with Crippen molar-refractivity contribution < 1.29 is 9.53 Å². The van der Waals surface area contributed by atoms with Crippen LogP contribution < -0.4 is 4.74 Å². The van der Waals surface area contributed by atoms with Crippen LogP contribution in [0, 0.1) is 11.3 Å². The third-order valence-corrected chi connectivity index (χ3v) is 3.44. The van der Waals surface area contributed by atoms with Crippen LogP contribution in [-0.2, 0) is 11.2 Å². The van der Waals surface area contributed by atoms with Crippen molar-refractivity contribution in [1.82, 2.24) is 0 Å². The summed E-state index contributed by atoms with van der Waals surface area (Å²) < 4.78 is 5.50. The van der Waals surface area contributed by atoms with Crippen molar-refractivity contribution in [3.8, 4) is 11.8 Å². The van der Waals surface area contributed by atoms with E-state index >= 15 is 0 Å². The molecule has 0 heterocycles. The molecular formula is C13H14BrNO2. The zero-order valence-corrected chi connectivity index (χ0v) is 11.5. The number of halogens is 1. The molecule has 0 N–H and O–H groups in total.